The SMILES string of the molecule is Cc1ccc(NCc2cc(C)c(C(=O)O)o2)cc1F. The average Bonchev–Trinajstić information content (AvgIpc) is 2.72. The summed E-state index contributed by atoms with van der Waals surface area (Å²) in [6, 6.07) is 6.48. The standard InChI is InChI=1S/C14H14FNO3/c1-8-3-4-10(6-12(8)15)16-7-11-5-9(2)13(19-11)14(17)18/h3-6,16H,7H2,1-2H3,(H,17,18). The largest absolute Gasteiger partial charge is 0.475 e. The van der Waals surface area contributed by atoms with Crippen LogP contribution in [-0.4, -0.2) is 11.1 Å². The second kappa shape index (κ2) is 5.14. The van der Waals surface area contributed by atoms with E-state index in [1.54, 1.807) is 32.0 Å². The van der Waals surface area contributed by atoms with E-state index in [0.717, 1.165) is 0 Å². The van der Waals surface area contributed by atoms with E-state index in [4.69, 9.17) is 9.52 Å². The molecule has 19 heavy (non-hydrogen) atoms. The fourth-order valence-electron chi connectivity index (χ4n) is 1.74. The van der Waals surface area contributed by atoms with Crippen molar-refractivity contribution < 1.29 is 18.7 Å². The molecule has 0 amide bonds. The lowest BCUT2D eigenvalue weighted by Gasteiger charge is -2.05. The van der Waals surface area contributed by atoms with Crippen LogP contribution in [0.25, 0.3) is 0 Å². The third-order valence-corrected chi connectivity index (χ3v) is 2.80. The van der Waals surface area contributed by atoms with Crippen LogP contribution in [0.1, 0.15) is 27.4 Å². The first-order valence-electron chi connectivity index (χ1n) is 5.80. The van der Waals surface area contributed by atoms with Crippen LogP contribution in [0.2, 0.25) is 0 Å². The number of carbonyl (C=O) groups is 1. The van der Waals surface area contributed by atoms with Crippen LogP contribution in [-0.2, 0) is 6.54 Å². The maximum absolute atomic E-state index is 13.3. The Morgan fingerprint density at radius 3 is 2.63 bits per heavy atom. The molecule has 0 radical (unpaired) electrons. The first-order valence-corrected chi connectivity index (χ1v) is 5.80. The van der Waals surface area contributed by atoms with Crippen molar-refractivity contribution in [1.29, 1.82) is 0 Å². The number of halogens is 1. The van der Waals surface area contributed by atoms with Gasteiger partial charge in [-0.3, -0.25) is 0 Å². The summed E-state index contributed by atoms with van der Waals surface area (Å²) < 4.78 is 18.5. The number of benzene rings is 1. The molecule has 2 aromatic rings. The smallest absolute Gasteiger partial charge is 0.372 e. The molecular formula is C14H14FNO3. The Labute approximate surface area is 109 Å². The molecule has 2 N–H and O–H groups in total. The van der Waals surface area contributed by atoms with E-state index in [-0.39, 0.29) is 11.6 Å². The third kappa shape index (κ3) is 2.93. The highest BCUT2D eigenvalue weighted by Crippen LogP contribution is 2.18. The average molecular weight is 263 g/mol. The quantitative estimate of drug-likeness (QED) is 0.888. The topological polar surface area (TPSA) is 62.5 Å². The van der Waals surface area contributed by atoms with Crippen LogP contribution >= 0.6 is 0 Å². The molecule has 0 atom stereocenters. The van der Waals surface area contributed by atoms with Crippen molar-refractivity contribution in [2.45, 2.75) is 20.4 Å². The van der Waals surface area contributed by atoms with Crippen molar-refractivity contribution in [3.63, 3.8) is 0 Å². The molecule has 0 aliphatic heterocycles. The van der Waals surface area contributed by atoms with Crippen molar-refractivity contribution >= 4 is 11.7 Å². The van der Waals surface area contributed by atoms with Crippen molar-refractivity contribution in [1.82, 2.24) is 0 Å². The van der Waals surface area contributed by atoms with Crippen LogP contribution in [0.3, 0.4) is 0 Å². The zero-order valence-electron chi connectivity index (χ0n) is 10.7. The molecule has 0 aliphatic carbocycles. The van der Waals surface area contributed by atoms with Gasteiger partial charge in [0.2, 0.25) is 5.76 Å². The molecule has 100 valence electrons. The Kier molecular flexibility index (Phi) is 3.55. The molecule has 0 saturated heterocycles. The molecule has 1 aromatic heterocycles. The lowest BCUT2D eigenvalue weighted by molar-refractivity contribution is 0.0659. The molecule has 0 spiro atoms. The van der Waals surface area contributed by atoms with E-state index in [9.17, 15) is 9.18 Å². The molecule has 1 aromatic carbocycles. The predicted molar refractivity (Wildman–Crippen MR) is 68.9 cm³/mol. The molecule has 0 bridgehead atoms. The van der Waals surface area contributed by atoms with Gasteiger partial charge in [0.15, 0.2) is 0 Å². The summed E-state index contributed by atoms with van der Waals surface area (Å²) in [5.41, 5.74) is 1.76. The Balaban J connectivity index is 2.08. The van der Waals surface area contributed by atoms with E-state index in [0.29, 0.717) is 29.1 Å². The summed E-state index contributed by atoms with van der Waals surface area (Å²) in [5.74, 6) is -0.945. The van der Waals surface area contributed by atoms with E-state index in [1.165, 1.54) is 6.07 Å². The van der Waals surface area contributed by atoms with Gasteiger partial charge in [0.25, 0.3) is 0 Å². The monoisotopic (exact) mass is 263 g/mol. The number of furan rings is 1. The van der Waals surface area contributed by atoms with Crippen molar-refractivity contribution in [3.8, 4) is 0 Å². The summed E-state index contributed by atoms with van der Waals surface area (Å²) >= 11 is 0. The molecule has 0 aliphatic rings. The van der Waals surface area contributed by atoms with E-state index in [2.05, 4.69) is 5.32 Å². The number of hydrogen-bond donors (Lipinski definition) is 2. The molecular weight excluding hydrogens is 249 g/mol. The Morgan fingerprint density at radius 1 is 1.32 bits per heavy atom. The fraction of sp³-hybridized carbons (Fsp3) is 0.214. The predicted octanol–water partition coefficient (Wildman–Crippen LogP) is 3.35. The molecule has 0 fully saturated rings. The molecule has 2 rings (SSSR count). The van der Waals surface area contributed by atoms with Crippen LogP contribution < -0.4 is 5.32 Å². The summed E-state index contributed by atoms with van der Waals surface area (Å²) in [7, 11) is 0. The van der Waals surface area contributed by atoms with Gasteiger partial charge in [-0.15, -0.1) is 0 Å². The highest BCUT2D eigenvalue weighted by molar-refractivity contribution is 5.86. The van der Waals surface area contributed by atoms with E-state index < -0.39 is 5.97 Å². The van der Waals surface area contributed by atoms with E-state index in [1.807, 2.05) is 0 Å². The summed E-state index contributed by atoms with van der Waals surface area (Å²) in [5, 5.41) is 11.8. The Bertz CT molecular complexity index is 619. The second-order valence-corrected chi connectivity index (χ2v) is 4.35. The molecule has 1 heterocycles. The molecule has 0 unspecified atom stereocenters. The van der Waals surface area contributed by atoms with Gasteiger partial charge in [0.1, 0.15) is 11.6 Å². The number of carboxylic acids is 1. The summed E-state index contributed by atoms with van der Waals surface area (Å²) in [4.78, 5) is 10.8. The Hall–Kier alpha value is -2.30. The number of rotatable bonds is 4. The van der Waals surface area contributed by atoms with Gasteiger partial charge in [-0.1, -0.05) is 6.07 Å². The number of aryl methyl sites for hydroxylation is 2. The van der Waals surface area contributed by atoms with E-state index >= 15 is 0 Å². The highest BCUT2D eigenvalue weighted by Gasteiger charge is 2.14. The number of nitrogens with one attached hydrogen (secondary N) is 1. The summed E-state index contributed by atoms with van der Waals surface area (Å²) in [6.45, 7) is 3.66. The first-order chi connectivity index (χ1) is 8.97. The van der Waals surface area contributed by atoms with Crippen LogP contribution in [0.5, 0.6) is 0 Å². The molecule has 5 heteroatoms. The lowest BCUT2D eigenvalue weighted by atomic mass is 10.2. The van der Waals surface area contributed by atoms with Crippen LogP contribution in [0.15, 0.2) is 28.7 Å². The first kappa shape index (κ1) is 13.1. The molecule has 4 nitrogen and oxygen atoms in total. The number of anilines is 1. The Morgan fingerprint density at radius 2 is 2.05 bits per heavy atom. The zero-order chi connectivity index (χ0) is 14.0. The zero-order valence-corrected chi connectivity index (χ0v) is 10.7. The van der Waals surface area contributed by atoms with Gasteiger partial charge in [-0.05, 0) is 37.6 Å². The van der Waals surface area contributed by atoms with Gasteiger partial charge in [-0.25, -0.2) is 9.18 Å². The van der Waals surface area contributed by atoms with Gasteiger partial charge in [0.05, 0.1) is 6.54 Å². The maximum Gasteiger partial charge on any atom is 0.372 e. The minimum Gasteiger partial charge on any atom is -0.475 e. The minimum absolute atomic E-state index is 0.0631. The van der Waals surface area contributed by atoms with Gasteiger partial charge in [-0.2, -0.15) is 0 Å². The normalized spacial score (nSPS) is 10.5. The number of aromatic carboxylic acids is 1. The van der Waals surface area contributed by atoms with Gasteiger partial charge < -0.3 is 14.8 Å². The van der Waals surface area contributed by atoms with Crippen LogP contribution in [0.4, 0.5) is 10.1 Å². The molecule has 0 saturated carbocycles. The fourth-order valence-corrected chi connectivity index (χ4v) is 1.74. The summed E-state index contributed by atoms with van der Waals surface area (Å²) in [6.07, 6.45) is 0. The number of hydrogen-bond acceptors (Lipinski definition) is 3. The second-order valence-electron chi connectivity index (χ2n) is 4.35. The lowest BCUT2D eigenvalue weighted by Crippen LogP contribution is -1.99. The highest BCUT2D eigenvalue weighted by atomic mass is 19.1. The van der Waals surface area contributed by atoms with Gasteiger partial charge in [0, 0.05) is 11.3 Å². The number of carboxylic acid groups (broad SMARTS) is 1. The van der Waals surface area contributed by atoms with Crippen LogP contribution in [0, 0.1) is 19.7 Å². The maximum atomic E-state index is 13.3. The van der Waals surface area contributed by atoms with Crippen molar-refractivity contribution in [3.05, 3.63) is 52.7 Å². The van der Waals surface area contributed by atoms with Gasteiger partial charge >= 0.3 is 5.97 Å². The van der Waals surface area contributed by atoms with Crippen molar-refractivity contribution in [2.24, 2.45) is 0 Å². The minimum atomic E-state index is -1.09. The van der Waals surface area contributed by atoms with Crippen molar-refractivity contribution in [2.75, 3.05) is 5.32 Å². The third-order valence-electron chi connectivity index (χ3n) is 2.80.